The molecule has 94 valence electrons. The summed E-state index contributed by atoms with van der Waals surface area (Å²) < 4.78 is 5.68. The molecule has 0 radical (unpaired) electrons. The van der Waals surface area contributed by atoms with Crippen LogP contribution in [0.15, 0.2) is 47.3 Å². The molecular weight excluding hydrogens is 226 g/mol. The molecule has 1 aromatic heterocycles. The maximum Gasteiger partial charge on any atom is 0.252 e. The monoisotopic (exact) mass is 243 g/mol. The molecule has 18 heavy (non-hydrogen) atoms. The zero-order valence-corrected chi connectivity index (χ0v) is 10.5. The summed E-state index contributed by atoms with van der Waals surface area (Å²) in [5.41, 5.74) is 0.678. The molecule has 0 fully saturated rings. The predicted molar refractivity (Wildman–Crippen MR) is 74.1 cm³/mol. The van der Waals surface area contributed by atoms with Gasteiger partial charge in [-0.1, -0.05) is 31.2 Å². The number of aromatic amines is 1. The van der Waals surface area contributed by atoms with Gasteiger partial charge in [-0.3, -0.25) is 4.79 Å². The maximum atomic E-state index is 11.5. The van der Waals surface area contributed by atoms with Gasteiger partial charge in [0.1, 0.15) is 5.75 Å². The number of ether oxygens (including phenoxy) is 1. The van der Waals surface area contributed by atoms with Gasteiger partial charge in [0.15, 0.2) is 0 Å². The molecule has 1 aromatic carbocycles. The maximum absolute atomic E-state index is 11.5. The van der Waals surface area contributed by atoms with Crippen molar-refractivity contribution in [2.75, 3.05) is 6.61 Å². The van der Waals surface area contributed by atoms with Gasteiger partial charge in [0.25, 0.3) is 5.56 Å². The molecule has 0 saturated heterocycles. The highest BCUT2D eigenvalue weighted by atomic mass is 16.5. The summed E-state index contributed by atoms with van der Waals surface area (Å²) in [6.45, 7) is 2.69. The molecule has 0 aliphatic rings. The second kappa shape index (κ2) is 6.05. The average Bonchev–Trinajstić information content (AvgIpc) is 2.38. The Labute approximate surface area is 106 Å². The lowest BCUT2D eigenvalue weighted by Crippen LogP contribution is -2.06. The fourth-order valence-electron chi connectivity index (χ4n) is 1.81. The molecule has 3 heteroatoms. The lowest BCUT2D eigenvalue weighted by atomic mass is 10.2. The topological polar surface area (TPSA) is 42.1 Å². The number of H-pyrrole nitrogens is 1. The molecule has 0 bridgehead atoms. The molecule has 0 aliphatic carbocycles. The number of allylic oxidation sites excluding steroid dienone is 1. The van der Waals surface area contributed by atoms with E-state index >= 15 is 0 Å². The van der Waals surface area contributed by atoms with E-state index in [0.29, 0.717) is 12.4 Å². The zero-order chi connectivity index (χ0) is 12.8. The molecule has 0 aliphatic heterocycles. The molecule has 0 amide bonds. The molecule has 0 atom stereocenters. The van der Waals surface area contributed by atoms with E-state index in [2.05, 4.69) is 24.1 Å². The highest BCUT2D eigenvalue weighted by Gasteiger charge is 2.03. The van der Waals surface area contributed by atoms with Crippen molar-refractivity contribution in [2.24, 2.45) is 0 Å². The second-order valence-electron chi connectivity index (χ2n) is 4.06. The molecule has 0 spiro atoms. The summed E-state index contributed by atoms with van der Waals surface area (Å²) in [4.78, 5) is 14.3. The normalized spacial score (nSPS) is 11.2. The Morgan fingerprint density at radius 3 is 2.94 bits per heavy atom. The molecule has 1 N–H and O–H groups in total. The summed E-state index contributed by atoms with van der Waals surface area (Å²) in [5, 5.41) is 0.941. The Morgan fingerprint density at radius 2 is 2.11 bits per heavy atom. The van der Waals surface area contributed by atoms with Crippen LogP contribution < -0.4 is 10.3 Å². The minimum atomic E-state index is -0.132. The van der Waals surface area contributed by atoms with E-state index in [-0.39, 0.29) is 5.56 Å². The van der Waals surface area contributed by atoms with Crippen LogP contribution in [0.4, 0.5) is 0 Å². The van der Waals surface area contributed by atoms with Crippen LogP contribution in [-0.2, 0) is 0 Å². The first-order valence-corrected chi connectivity index (χ1v) is 6.21. The largest absolute Gasteiger partial charge is 0.492 e. The van der Waals surface area contributed by atoms with Crippen LogP contribution in [0.1, 0.15) is 19.8 Å². The first kappa shape index (κ1) is 12.4. The predicted octanol–water partition coefficient (Wildman–Crippen LogP) is 3.26. The fraction of sp³-hybridized carbons (Fsp3) is 0.267. The Balaban J connectivity index is 2.17. The van der Waals surface area contributed by atoms with Gasteiger partial charge in [-0.05, 0) is 25.0 Å². The number of fused-ring (bicyclic) bond motifs is 1. The summed E-state index contributed by atoms with van der Waals surface area (Å²) in [5.74, 6) is 0.652. The van der Waals surface area contributed by atoms with E-state index in [1.807, 2.05) is 24.3 Å². The van der Waals surface area contributed by atoms with E-state index in [9.17, 15) is 4.79 Å². The quantitative estimate of drug-likeness (QED) is 0.647. The molecule has 0 saturated carbocycles. The fourth-order valence-corrected chi connectivity index (χ4v) is 1.81. The van der Waals surface area contributed by atoms with Crippen molar-refractivity contribution in [1.82, 2.24) is 4.98 Å². The molecule has 2 aromatic rings. The van der Waals surface area contributed by atoms with E-state index in [1.54, 1.807) is 0 Å². The van der Waals surface area contributed by atoms with Gasteiger partial charge in [0.05, 0.1) is 12.1 Å². The van der Waals surface area contributed by atoms with Crippen LogP contribution in [0.5, 0.6) is 5.75 Å². The first-order chi connectivity index (χ1) is 8.81. The van der Waals surface area contributed by atoms with Crippen molar-refractivity contribution in [2.45, 2.75) is 19.8 Å². The molecular formula is C15H17NO2. The Hall–Kier alpha value is -2.03. The third-order valence-corrected chi connectivity index (χ3v) is 2.66. The van der Waals surface area contributed by atoms with Crippen LogP contribution in [0.2, 0.25) is 0 Å². The van der Waals surface area contributed by atoms with Crippen molar-refractivity contribution in [1.29, 1.82) is 0 Å². The number of benzene rings is 1. The lowest BCUT2D eigenvalue weighted by Gasteiger charge is -2.07. The van der Waals surface area contributed by atoms with Gasteiger partial charge in [-0.25, -0.2) is 0 Å². The zero-order valence-electron chi connectivity index (χ0n) is 10.5. The number of aromatic nitrogens is 1. The number of nitrogens with one attached hydrogen (secondary N) is 1. The van der Waals surface area contributed by atoms with Gasteiger partial charge in [-0.2, -0.15) is 0 Å². The average molecular weight is 243 g/mol. The van der Waals surface area contributed by atoms with Gasteiger partial charge in [-0.15, -0.1) is 0 Å². The minimum absolute atomic E-state index is 0.132. The summed E-state index contributed by atoms with van der Waals surface area (Å²) in [6, 6.07) is 9.16. The Bertz CT molecular complexity index is 599. The van der Waals surface area contributed by atoms with Crippen LogP contribution in [0.3, 0.4) is 0 Å². The Morgan fingerprint density at radius 1 is 1.28 bits per heavy atom. The van der Waals surface area contributed by atoms with Crippen LogP contribution in [0, 0.1) is 0 Å². The van der Waals surface area contributed by atoms with Crippen molar-refractivity contribution in [3.63, 3.8) is 0 Å². The molecule has 2 rings (SSSR count). The van der Waals surface area contributed by atoms with Crippen molar-refractivity contribution < 1.29 is 4.74 Å². The summed E-state index contributed by atoms with van der Waals surface area (Å²) in [7, 11) is 0. The van der Waals surface area contributed by atoms with Crippen LogP contribution >= 0.6 is 0 Å². The molecule has 0 unspecified atom stereocenters. The van der Waals surface area contributed by atoms with Crippen molar-refractivity contribution in [3.05, 3.63) is 52.8 Å². The van der Waals surface area contributed by atoms with Gasteiger partial charge >= 0.3 is 0 Å². The SMILES string of the molecule is CC/C=C\CCOc1cc(=O)[nH]c2ccccc12. The number of hydrogen-bond donors (Lipinski definition) is 1. The summed E-state index contributed by atoms with van der Waals surface area (Å²) >= 11 is 0. The van der Waals surface area contributed by atoms with Crippen molar-refractivity contribution >= 4 is 10.9 Å². The molecule has 3 nitrogen and oxygen atoms in total. The highest BCUT2D eigenvalue weighted by molar-refractivity contribution is 5.84. The third-order valence-electron chi connectivity index (χ3n) is 2.66. The summed E-state index contributed by atoms with van der Waals surface area (Å²) in [6.07, 6.45) is 6.09. The van der Waals surface area contributed by atoms with E-state index in [4.69, 9.17) is 4.74 Å². The van der Waals surface area contributed by atoms with Gasteiger partial charge < -0.3 is 9.72 Å². The minimum Gasteiger partial charge on any atom is -0.492 e. The van der Waals surface area contributed by atoms with E-state index in [0.717, 1.165) is 23.7 Å². The number of hydrogen-bond acceptors (Lipinski definition) is 2. The number of para-hydroxylation sites is 1. The van der Waals surface area contributed by atoms with Gasteiger partial charge in [0.2, 0.25) is 0 Å². The molecule has 1 heterocycles. The standard InChI is InChI=1S/C15H17NO2/c1-2-3-4-7-10-18-14-11-15(17)16-13-9-6-5-8-12(13)14/h3-6,8-9,11H,2,7,10H2,1H3,(H,16,17)/b4-3-. The van der Waals surface area contributed by atoms with Crippen molar-refractivity contribution in [3.8, 4) is 5.75 Å². The van der Waals surface area contributed by atoms with Crippen LogP contribution in [0.25, 0.3) is 10.9 Å². The van der Waals surface area contributed by atoms with E-state index < -0.39 is 0 Å². The van der Waals surface area contributed by atoms with Crippen LogP contribution in [-0.4, -0.2) is 11.6 Å². The second-order valence-corrected chi connectivity index (χ2v) is 4.06. The smallest absolute Gasteiger partial charge is 0.252 e. The number of pyridine rings is 1. The third kappa shape index (κ3) is 3.00. The van der Waals surface area contributed by atoms with E-state index in [1.165, 1.54) is 6.07 Å². The number of rotatable bonds is 5. The van der Waals surface area contributed by atoms with Gasteiger partial charge in [0, 0.05) is 11.5 Å². The lowest BCUT2D eigenvalue weighted by molar-refractivity contribution is 0.328. The highest BCUT2D eigenvalue weighted by Crippen LogP contribution is 2.21. The Kier molecular flexibility index (Phi) is 4.18. The first-order valence-electron chi connectivity index (χ1n) is 6.21.